The van der Waals surface area contributed by atoms with Gasteiger partial charge in [0.1, 0.15) is 0 Å². The molecule has 0 aromatic heterocycles. The van der Waals surface area contributed by atoms with Crippen LogP contribution in [0.4, 0.5) is 5.69 Å². The molecule has 1 aromatic rings. The Bertz CT molecular complexity index is 548. The molecule has 0 atom stereocenters. The zero-order valence-corrected chi connectivity index (χ0v) is 10.1. The highest BCUT2D eigenvalue weighted by molar-refractivity contribution is 7.90. The van der Waals surface area contributed by atoms with Crippen molar-refractivity contribution in [1.82, 2.24) is 0 Å². The summed E-state index contributed by atoms with van der Waals surface area (Å²) in [6.07, 6.45) is -0.449. The first-order valence-electron chi connectivity index (χ1n) is 4.96. The number of rotatable bonds is 6. The smallest absolute Gasteiger partial charge is 0.304 e. The molecule has 7 nitrogen and oxygen atoms in total. The lowest BCUT2D eigenvalue weighted by Gasteiger charge is -2.02. The number of non-ortho nitro benzene ring substituents is 1. The Morgan fingerprint density at radius 1 is 1.28 bits per heavy atom. The number of benzene rings is 1. The maximum atomic E-state index is 11.5. The van der Waals surface area contributed by atoms with Crippen molar-refractivity contribution in [3.8, 4) is 0 Å². The zero-order chi connectivity index (χ0) is 13.8. The van der Waals surface area contributed by atoms with Crippen LogP contribution < -0.4 is 0 Å². The average molecular weight is 273 g/mol. The maximum Gasteiger partial charge on any atom is 0.304 e. The molecule has 0 amide bonds. The highest BCUT2D eigenvalue weighted by atomic mass is 32.2. The van der Waals surface area contributed by atoms with Gasteiger partial charge in [-0.15, -0.1) is 0 Å². The third kappa shape index (κ3) is 4.50. The Hall–Kier alpha value is -1.96. The molecule has 0 aliphatic carbocycles. The minimum Gasteiger partial charge on any atom is -0.481 e. The van der Waals surface area contributed by atoms with E-state index in [1.54, 1.807) is 0 Å². The number of carboxylic acid groups (broad SMARTS) is 1. The van der Waals surface area contributed by atoms with Crippen molar-refractivity contribution in [2.45, 2.75) is 12.2 Å². The average Bonchev–Trinajstić information content (AvgIpc) is 2.27. The largest absolute Gasteiger partial charge is 0.481 e. The number of nitro benzene ring substituents is 1. The highest BCUT2D eigenvalue weighted by Gasteiger charge is 2.15. The molecule has 0 heterocycles. The summed E-state index contributed by atoms with van der Waals surface area (Å²) in [6.45, 7) is 0. The van der Waals surface area contributed by atoms with Crippen LogP contribution in [0.5, 0.6) is 0 Å². The SMILES string of the molecule is O=C(O)CCS(=O)(=O)Cc1ccc([N+](=O)[O-])cc1. The second-order valence-electron chi connectivity index (χ2n) is 3.66. The zero-order valence-electron chi connectivity index (χ0n) is 9.27. The van der Waals surface area contributed by atoms with Crippen molar-refractivity contribution in [2.75, 3.05) is 5.75 Å². The fourth-order valence-corrected chi connectivity index (χ4v) is 2.61. The van der Waals surface area contributed by atoms with Crippen molar-refractivity contribution >= 4 is 21.5 Å². The predicted molar refractivity (Wildman–Crippen MR) is 62.8 cm³/mol. The van der Waals surface area contributed by atoms with E-state index in [0.717, 1.165) is 0 Å². The van der Waals surface area contributed by atoms with Gasteiger partial charge in [-0.25, -0.2) is 8.42 Å². The number of carbonyl (C=O) groups is 1. The summed E-state index contributed by atoms with van der Waals surface area (Å²) in [5.41, 5.74) is 0.271. The van der Waals surface area contributed by atoms with Gasteiger partial charge in [-0.05, 0) is 5.56 Å². The van der Waals surface area contributed by atoms with Crippen LogP contribution in [0, 0.1) is 10.1 Å². The minimum atomic E-state index is -3.51. The maximum absolute atomic E-state index is 11.5. The Kier molecular flexibility index (Phi) is 4.38. The summed E-state index contributed by atoms with van der Waals surface area (Å²) in [5.74, 6) is -1.94. The highest BCUT2D eigenvalue weighted by Crippen LogP contribution is 2.14. The molecule has 0 aliphatic heterocycles. The number of hydrogen-bond acceptors (Lipinski definition) is 5. The molecule has 0 radical (unpaired) electrons. The summed E-state index contributed by atoms with van der Waals surface area (Å²) in [5, 5.41) is 18.8. The lowest BCUT2D eigenvalue weighted by Crippen LogP contribution is -2.12. The van der Waals surface area contributed by atoms with Gasteiger partial charge >= 0.3 is 5.97 Å². The minimum absolute atomic E-state index is 0.123. The monoisotopic (exact) mass is 273 g/mol. The third-order valence-electron chi connectivity index (χ3n) is 2.16. The van der Waals surface area contributed by atoms with Gasteiger partial charge in [0.25, 0.3) is 5.69 Å². The van der Waals surface area contributed by atoms with Crippen LogP contribution >= 0.6 is 0 Å². The molecule has 8 heteroatoms. The van der Waals surface area contributed by atoms with E-state index in [2.05, 4.69) is 0 Å². The number of nitrogens with zero attached hydrogens (tertiary/aromatic N) is 1. The van der Waals surface area contributed by atoms with Crippen LogP contribution in [0.3, 0.4) is 0 Å². The molecule has 0 saturated carbocycles. The molecule has 1 aromatic carbocycles. The van der Waals surface area contributed by atoms with E-state index in [4.69, 9.17) is 5.11 Å². The van der Waals surface area contributed by atoms with Crippen molar-refractivity contribution in [1.29, 1.82) is 0 Å². The summed E-state index contributed by atoms with van der Waals surface area (Å²) >= 11 is 0. The van der Waals surface area contributed by atoms with Gasteiger partial charge in [-0.3, -0.25) is 14.9 Å². The van der Waals surface area contributed by atoms with E-state index >= 15 is 0 Å². The van der Waals surface area contributed by atoms with Gasteiger partial charge in [-0.1, -0.05) is 12.1 Å². The third-order valence-corrected chi connectivity index (χ3v) is 3.76. The Morgan fingerprint density at radius 2 is 1.83 bits per heavy atom. The van der Waals surface area contributed by atoms with Crippen molar-refractivity contribution in [2.24, 2.45) is 0 Å². The Morgan fingerprint density at radius 3 is 2.28 bits per heavy atom. The van der Waals surface area contributed by atoms with E-state index < -0.39 is 32.9 Å². The lowest BCUT2D eigenvalue weighted by molar-refractivity contribution is -0.384. The molecule has 98 valence electrons. The van der Waals surface area contributed by atoms with Gasteiger partial charge in [0.05, 0.1) is 22.8 Å². The van der Waals surface area contributed by atoms with E-state index in [1.807, 2.05) is 0 Å². The summed E-state index contributed by atoms with van der Waals surface area (Å²) in [7, 11) is -3.51. The molecule has 0 bridgehead atoms. The fraction of sp³-hybridized carbons (Fsp3) is 0.300. The van der Waals surface area contributed by atoms with Gasteiger partial charge in [0, 0.05) is 12.1 Å². The van der Waals surface area contributed by atoms with E-state index in [-0.39, 0.29) is 11.4 Å². The van der Waals surface area contributed by atoms with Crippen LogP contribution in [0.1, 0.15) is 12.0 Å². The first-order valence-corrected chi connectivity index (χ1v) is 6.78. The standard InChI is InChI=1S/C10H11NO6S/c12-10(13)5-6-18(16,17)7-8-1-3-9(4-2-8)11(14)15/h1-4H,5-7H2,(H,12,13). The molecule has 1 N–H and O–H groups in total. The fourth-order valence-electron chi connectivity index (χ4n) is 1.28. The molecule has 0 aliphatic rings. The van der Waals surface area contributed by atoms with Gasteiger partial charge < -0.3 is 5.11 Å². The van der Waals surface area contributed by atoms with Crippen LogP contribution in [0.25, 0.3) is 0 Å². The number of sulfone groups is 1. The number of carboxylic acids is 1. The Balaban J connectivity index is 2.72. The predicted octanol–water partition coefficient (Wildman–Crippen LogP) is 0.984. The molecular formula is C10H11NO6S. The first kappa shape index (κ1) is 14.1. The van der Waals surface area contributed by atoms with E-state index in [9.17, 15) is 23.3 Å². The van der Waals surface area contributed by atoms with Crippen LogP contribution in [0.15, 0.2) is 24.3 Å². The van der Waals surface area contributed by atoms with Crippen LogP contribution in [-0.4, -0.2) is 30.2 Å². The quantitative estimate of drug-likeness (QED) is 0.610. The molecule has 0 fully saturated rings. The molecule has 0 saturated heterocycles. The summed E-state index contributed by atoms with van der Waals surface area (Å²) in [6, 6.07) is 5.11. The molecular weight excluding hydrogens is 262 g/mol. The molecule has 18 heavy (non-hydrogen) atoms. The second-order valence-corrected chi connectivity index (χ2v) is 5.84. The van der Waals surface area contributed by atoms with E-state index in [1.165, 1.54) is 24.3 Å². The van der Waals surface area contributed by atoms with Gasteiger partial charge in [0.2, 0.25) is 0 Å². The first-order chi connectivity index (χ1) is 8.30. The summed E-state index contributed by atoms with van der Waals surface area (Å²) < 4.78 is 23.1. The second kappa shape index (κ2) is 5.58. The number of hydrogen-bond donors (Lipinski definition) is 1. The number of nitro groups is 1. The van der Waals surface area contributed by atoms with Crippen molar-refractivity contribution < 1.29 is 23.2 Å². The lowest BCUT2D eigenvalue weighted by atomic mass is 10.2. The normalized spacial score (nSPS) is 11.1. The van der Waals surface area contributed by atoms with Crippen LogP contribution in [-0.2, 0) is 20.4 Å². The van der Waals surface area contributed by atoms with Gasteiger partial charge in [-0.2, -0.15) is 0 Å². The van der Waals surface area contributed by atoms with E-state index in [0.29, 0.717) is 5.56 Å². The molecule has 0 spiro atoms. The molecule has 1 rings (SSSR count). The van der Waals surface area contributed by atoms with Crippen molar-refractivity contribution in [3.63, 3.8) is 0 Å². The summed E-state index contributed by atoms with van der Waals surface area (Å²) in [4.78, 5) is 20.1. The topological polar surface area (TPSA) is 115 Å². The van der Waals surface area contributed by atoms with Crippen molar-refractivity contribution in [3.05, 3.63) is 39.9 Å². The number of aliphatic carboxylic acids is 1. The van der Waals surface area contributed by atoms with Gasteiger partial charge in [0.15, 0.2) is 9.84 Å². The van der Waals surface area contributed by atoms with Crippen LogP contribution in [0.2, 0.25) is 0 Å². The molecule has 0 unspecified atom stereocenters. The Labute approximate surface area is 103 Å².